The van der Waals surface area contributed by atoms with E-state index >= 15 is 0 Å². The van der Waals surface area contributed by atoms with E-state index in [-0.39, 0.29) is 0 Å². The lowest BCUT2D eigenvalue weighted by molar-refractivity contribution is 0.126. The minimum atomic E-state index is 0.299. The number of hydrogen-bond donors (Lipinski definition) is 2. The molecule has 2 aromatic carbocycles. The predicted molar refractivity (Wildman–Crippen MR) is 91.6 cm³/mol. The second-order valence-electron chi connectivity index (χ2n) is 5.04. The van der Waals surface area contributed by atoms with Gasteiger partial charge in [-0.3, -0.25) is 0 Å². The monoisotopic (exact) mass is 318 g/mol. The zero-order chi connectivity index (χ0) is 17.1. The SMILES string of the molecule is CCOCc1cc(C)cc(COCC)c1O.Oc1ccccc1. The molecule has 0 radical (unpaired) electrons. The van der Waals surface area contributed by atoms with Crippen LogP contribution in [0.15, 0.2) is 42.5 Å². The molecule has 0 heterocycles. The smallest absolute Gasteiger partial charge is 0.126 e. The van der Waals surface area contributed by atoms with Crippen LogP contribution in [0.2, 0.25) is 0 Å². The summed E-state index contributed by atoms with van der Waals surface area (Å²) in [4.78, 5) is 0. The number of benzene rings is 2. The molecule has 0 fully saturated rings. The molecule has 23 heavy (non-hydrogen) atoms. The first-order valence-corrected chi connectivity index (χ1v) is 7.79. The highest BCUT2D eigenvalue weighted by Crippen LogP contribution is 2.26. The van der Waals surface area contributed by atoms with Crippen molar-refractivity contribution in [3.63, 3.8) is 0 Å². The third-order valence-electron chi connectivity index (χ3n) is 3.09. The van der Waals surface area contributed by atoms with Gasteiger partial charge in [0, 0.05) is 24.3 Å². The van der Waals surface area contributed by atoms with Gasteiger partial charge in [-0.15, -0.1) is 0 Å². The van der Waals surface area contributed by atoms with Gasteiger partial charge >= 0.3 is 0 Å². The summed E-state index contributed by atoms with van der Waals surface area (Å²) in [7, 11) is 0. The van der Waals surface area contributed by atoms with Crippen LogP contribution in [0.5, 0.6) is 11.5 Å². The van der Waals surface area contributed by atoms with Crippen molar-refractivity contribution in [1.82, 2.24) is 0 Å². The molecule has 0 unspecified atom stereocenters. The molecule has 0 spiro atoms. The maximum absolute atomic E-state index is 10.0. The van der Waals surface area contributed by atoms with E-state index in [4.69, 9.17) is 14.6 Å². The van der Waals surface area contributed by atoms with Crippen molar-refractivity contribution >= 4 is 0 Å². The van der Waals surface area contributed by atoms with E-state index in [1.54, 1.807) is 24.3 Å². The number of rotatable bonds is 6. The van der Waals surface area contributed by atoms with Gasteiger partial charge < -0.3 is 19.7 Å². The molecule has 0 atom stereocenters. The van der Waals surface area contributed by atoms with Crippen LogP contribution in [0.3, 0.4) is 0 Å². The van der Waals surface area contributed by atoms with Gasteiger partial charge in [0.15, 0.2) is 0 Å². The quantitative estimate of drug-likeness (QED) is 0.839. The minimum absolute atomic E-state index is 0.299. The van der Waals surface area contributed by atoms with Crippen molar-refractivity contribution in [2.45, 2.75) is 34.0 Å². The average molecular weight is 318 g/mol. The van der Waals surface area contributed by atoms with Crippen molar-refractivity contribution in [1.29, 1.82) is 0 Å². The summed E-state index contributed by atoms with van der Waals surface area (Å²) in [5.41, 5.74) is 2.77. The largest absolute Gasteiger partial charge is 0.508 e. The van der Waals surface area contributed by atoms with Crippen LogP contribution in [0, 0.1) is 6.92 Å². The standard InChI is InChI=1S/C13H20O3.C6H6O/c1-4-15-8-11-6-10(3)7-12(13(11)14)9-16-5-2;7-6-4-2-1-3-5-6/h6-7,14H,4-5,8-9H2,1-3H3;1-5,7H. The van der Waals surface area contributed by atoms with E-state index in [2.05, 4.69) is 0 Å². The molecule has 0 saturated heterocycles. The highest BCUT2D eigenvalue weighted by molar-refractivity contribution is 5.42. The van der Waals surface area contributed by atoms with Crippen molar-refractivity contribution in [3.8, 4) is 11.5 Å². The molecular formula is C19H26O4. The van der Waals surface area contributed by atoms with Gasteiger partial charge in [-0.05, 0) is 32.9 Å². The summed E-state index contributed by atoms with van der Waals surface area (Å²) >= 11 is 0. The van der Waals surface area contributed by atoms with Crippen LogP contribution in [0.1, 0.15) is 30.5 Å². The fourth-order valence-corrected chi connectivity index (χ4v) is 2.01. The second-order valence-corrected chi connectivity index (χ2v) is 5.04. The van der Waals surface area contributed by atoms with Crippen LogP contribution in [0.25, 0.3) is 0 Å². The zero-order valence-electron chi connectivity index (χ0n) is 14.1. The van der Waals surface area contributed by atoms with Crippen LogP contribution >= 0.6 is 0 Å². The first-order valence-electron chi connectivity index (χ1n) is 7.79. The minimum Gasteiger partial charge on any atom is -0.508 e. The van der Waals surface area contributed by atoms with Crippen molar-refractivity contribution in [3.05, 3.63) is 59.2 Å². The molecule has 4 nitrogen and oxygen atoms in total. The number of aromatic hydroxyl groups is 2. The molecule has 2 rings (SSSR count). The first-order chi connectivity index (χ1) is 11.1. The molecule has 0 aliphatic rings. The van der Waals surface area contributed by atoms with Gasteiger partial charge in [0.1, 0.15) is 11.5 Å². The number of hydrogen-bond acceptors (Lipinski definition) is 4. The Morgan fingerprint density at radius 1 is 0.826 bits per heavy atom. The fraction of sp³-hybridized carbons (Fsp3) is 0.368. The van der Waals surface area contributed by atoms with Crippen LogP contribution in [-0.4, -0.2) is 23.4 Å². The lowest BCUT2D eigenvalue weighted by atomic mass is 10.1. The van der Waals surface area contributed by atoms with E-state index in [0.29, 0.717) is 37.9 Å². The summed E-state index contributed by atoms with van der Waals surface area (Å²) in [5.74, 6) is 0.620. The van der Waals surface area contributed by atoms with Crippen LogP contribution in [0.4, 0.5) is 0 Å². The lowest BCUT2D eigenvalue weighted by Crippen LogP contribution is -1.99. The van der Waals surface area contributed by atoms with E-state index in [1.807, 2.05) is 39.0 Å². The van der Waals surface area contributed by atoms with E-state index in [9.17, 15) is 5.11 Å². The molecule has 0 aliphatic heterocycles. The van der Waals surface area contributed by atoms with E-state index in [1.165, 1.54) is 0 Å². The highest BCUT2D eigenvalue weighted by Gasteiger charge is 2.08. The van der Waals surface area contributed by atoms with Gasteiger partial charge in [-0.1, -0.05) is 35.9 Å². The maximum atomic E-state index is 10.0. The fourth-order valence-electron chi connectivity index (χ4n) is 2.01. The van der Waals surface area contributed by atoms with Gasteiger partial charge in [0.2, 0.25) is 0 Å². The average Bonchev–Trinajstić information content (AvgIpc) is 2.55. The molecule has 0 aromatic heterocycles. The van der Waals surface area contributed by atoms with Gasteiger partial charge in [-0.25, -0.2) is 0 Å². The number of ether oxygens (including phenoxy) is 2. The molecule has 4 heteroatoms. The molecule has 0 bridgehead atoms. The molecule has 126 valence electrons. The van der Waals surface area contributed by atoms with E-state index < -0.39 is 0 Å². The third-order valence-corrected chi connectivity index (χ3v) is 3.09. The molecule has 2 N–H and O–H groups in total. The Balaban J connectivity index is 0.000000313. The number of aryl methyl sites for hydroxylation is 1. The Bertz CT molecular complexity index is 538. The normalized spacial score (nSPS) is 10.0. The van der Waals surface area contributed by atoms with Crippen molar-refractivity contribution < 1.29 is 19.7 Å². The summed E-state index contributed by atoms with van der Waals surface area (Å²) in [6, 6.07) is 12.6. The van der Waals surface area contributed by atoms with Crippen molar-refractivity contribution in [2.75, 3.05) is 13.2 Å². The Labute approximate surface area is 138 Å². The molecule has 0 aliphatic carbocycles. The van der Waals surface area contributed by atoms with Gasteiger partial charge in [-0.2, -0.15) is 0 Å². The number of phenolic OH excluding ortho intramolecular Hbond substituents is 2. The number of para-hydroxylation sites is 1. The molecule has 0 saturated carbocycles. The summed E-state index contributed by atoms with van der Waals surface area (Å²) < 4.78 is 10.6. The Morgan fingerprint density at radius 3 is 1.65 bits per heavy atom. The Morgan fingerprint density at radius 2 is 1.30 bits per heavy atom. The van der Waals surface area contributed by atoms with Crippen molar-refractivity contribution in [2.24, 2.45) is 0 Å². The lowest BCUT2D eigenvalue weighted by Gasteiger charge is -2.11. The summed E-state index contributed by atoms with van der Waals surface area (Å²) in [5, 5.41) is 18.6. The van der Waals surface area contributed by atoms with Gasteiger partial charge in [0.25, 0.3) is 0 Å². The predicted octanol–water partition coefficient (Wildman–Crippen LogP) is 4.17. The molecule has 0 amide bonds. The first kappa shape index (κ1) is 19.0. The number of phenols is 2. The Hall–Kier alpha value is -2.04. The van der Waals surface area contributed by atoms with Crippen LogP contribution < -0.4 is 0 Å². The second kappa shape index (κ2) is 10.6. The van der Waals surface area contributed by atoms with Crippen LogP contribution in [-0.2, 0) is 22.7 Å². The summed E-state index contributed by atoms with van der Waals surface area (Å²) in [6.07, 6.45) is 0. The zero-order valence-corrected chi connectivity index (χ0v) is 14.1. The molecule has 2 aromatic rings. The van der Waals surface area contributed by atoms with Gasteiger partial charge in [0.05, 0.1) is 13.2 Å². The molecular weight excluding hydrogens is 292 g/mol. The Kier molecular flexibility index (Phi) is 8.80. The third kappa shape index (κ3) is 7.17. The van der Waals surface area contributed by atoms with E-state index in [0.717, 1.165) is 16.7 Å². The maximum Gasteiger partial charge on any atom is 0.126 e. The topological polar surface area (TPSA) is 58.9 Å². The highest BCUT2D eigenvalue weighted by atomic mass is 16.5. The summed E-state index contributed by atoms with van der Waals surface area (Å²) in [6.45, 7) is 8.07.